The van der Waals surface area contributed by atoms with Gasteiger partial charge in [0.25, 0.3) is 6.04 Å². The summed E-state index contributed by atoms with van der Waals surface area (Å²) in [5.41, 5.74) is 0. The lowest BCUT2D eigenvalue weighted by molar-refractivity contribution is -0.864. The van der Waals surface area contributed by atoms with Crippen LogP contribution in [0.15, 0.2) is 0 Å². The molecule has 50 valence electrons. The maximum absolute atomic E-state index is 6.80. The number of hydrogen-bond acceptors (Lipinski definition) is 0. The maximum atomic E-state index is 6.80. The lowest BCUT2D eigenvalue weighted by atomic mass is 10.2. The van der Waals surface area contributed by atoms with Crippen LogP contribution < -0.4 is 4.90 Å². The first-order chi connectivity index (χ1) is 4.25. The molecule has 9 heavy (non-hydrogen) atoms. The second kappa shape index (κ2) is 2.36. The van der Waals surface area contributed by atoms with E-state index in [-0.39, 0.29) is 6.04 Å². The molecule has 0 radical (unpaired) electrons. The third kappa shape index (κ3) is 1.06. The van der Waals surface area contributed by atoms with Gasteiger partial charge in [-0.2, -0.15) is 7.05 Å². The third-order valence-electron chi connectivity index (χ3n) is 2.15. The molecule has 0 aromatic heterocycles. The molecule has 1 N–H and O–H groups in total. The summed E-state index contributed by atoms with van der Waals surface area (Å²) in [5.74, 6) is 0. The van der Waals surface area contributed by atoms with Crippen molar-refractivity contribution in [2.75, 3.05) is 6.54 Å². The van der Waals surface area contributed by atoms with Crippen LogP contribution in [0.3, 0.4) is 0 Å². The van der Waals surface area contributed by atoms with E-state index in [4.69, 9.17) is 6.57 Å². The second-order valence-corrected chi connectivity index (χ2v) is 2.68. The van der Waals surface area contributed by atoms with Crippen molar-refractivity contribution in [2.45, 2.75) is 25.4 Å². The maximum Gasteiger partial charge on any atom is 0.276 e. The summed E-state index contributed by atoms with van der Waals surface area (Å²) in [6.07, 6.45) is 1.03. The molecule has 1 unspecified atom stereocenters. The van der Waals surface area contributed by atoms with Crippen LogP contribution >= 0.6 is 0 Å². The van der Waals surface area contributed by atoms with E-state index in [1.807, 2.05) is 0 Å². The first-order valence-electron chi connectivity index (χ1n) is 3.30. The number of rotatable bonds is 0. The predicted octanol–water partition coefficient (Wildman–Crippen LogP) is -0.257. The van der Waals surface area contributed by atoms with Crippen LogP contribution in [0.4, 0.5) is 0 Å². The molecule has 1 aliphatic rings. The van der Waals surface area contributed by atoms with Gasteiger partial charge in [-0.05, 0) is 6.92 Å². The van der Waals surface area contributed by atoms with Crippen molar-refractivity contribution in [1.29, 1.82) is 0 Å². The van der Waals surface area contributed by atoms with Gasteiger partial charge in [0.15, 0.2) is 0 Å². The van der Waals surface area contributed by atoms with Gasteiger partial charge in [0.2, 0.25) is 0 Å². The average molecular weight is 124 g/mol. The van der Waals surface area contributed by atoms with Crippen molar-refractivity contribution in [2.24, 2.45) is 0 Å². The SMILES string of the molecule is [C-]#[N+][C@H]1CC[NH+]([CH2-])[C@H]1C. The Morgan fingerprint density at radius 3 is 2.67 bits per heavy atom. The summed E-state index contributed by atoms with van der Waals surface area (Å²) in [7, 11) is 3.89. The van der Waals surface area contributed by atoms with E-state index in [2.05, 4.69) is 18.8 Å². The summed E-state index contributed by atoms with van der Waals surface area (Å²) in [5, 5.41) is 0. The lowest BCUT2D eigenvalue weighted by Gasteiger charge is -2.17. The van der Waals surface area contributed by atoms with Crippen LogP contribution in [0.25, 0.3) is 4.85 Å². The van der Waals surface area contributed by atoms with E-state index >= 15 is 0 Å². The van der Waals surface area contributed by atoms with Crippen LogP contribution in [0.2, 0.25) is 0 Å². The molecule has 0 aromatic carbocycles. The van der Waals surface area contributed by atoms with Crippen LogP contribution in [-0.2, 0) is 0 Å². The summed E-state index contributed by atoms with van der Waals surface area (Å²) in [6, 6.07) is 0.681. The van der Waals surface area contributed by atoms with Crippen molar-refractivity contribution in [3.05, 3.63) is 18.5 Å². The Kier molecular flexibility index (Phi) is 1.73. The summed E-state index contributed by atoms with van der Waals surface area (Å²) in [6.45, 7) is 9.96. The smallest absolute Gasteiger partial charge is 0.276 e. The van der Waals surface area contributed by atoms with Gasteiger partial charge in [0.1, 0.15) is 6.04 Å². The van der Waals surface area contributed by atoms with E-state index in [1.165, 1.54) is 4.90 Å². The summed E-state index contributed by atoms with van der Waals surface area (Å²) >= 11 is 0. The van der Waals surface area contributed by atoms with Crippen LogP contribution in [0.1, 0.15) is 13.3 Å². The minimum atomic E-state index is 0.234. The zero-order valence-corrected chi connectivity index (χ0v) is 5.72. The minimum Gasteiger partial charge on any atom is -0.459 e. The highest BCUT2D eigenvalue weighted by atomic mass is 15.2. The standard InChI is InChI=1S/C7H12N2/c1-6-7(8-2)4-5-9(6)3/h6-7,9H,3-5H2,1H3/t6-,7-/m0/s1. The predicted molar refractivity (Wildman–Crippen MR) is 35.7 cm³/mol. The highest BCUT2D eigenvalue weighted by molar-refractivity contribution is 4.86. The Morgan fingerprint density at radius 1 is 1.78 bits per heavy atom. The molecule has 0 aliphatic carbocycles. The quantitative estimate of drug-likeness (QED) is 0.426. The van der Waals surface area contributed by atoms with E-state index < -0.39 is 0 Å². The van der Waals surface area contributed by atoms with Gasteiger partial charge >= 0.3 is 0 Å². The minimum absolute atomic E-state index is 0.234. The molecule has 2 heteroatoms. The fourth-order valence-corrected chi connectivity index (χ4v) is 1.26. The van der Waals surface area contributed by atoms with Crippen molar-refractivity contribution >= 4 is 0 Å². The molecule has 3 atom stereocenters. The van der Waals surface area contributed by atoms with Crippen LogP contribution in [0.5, 0.6) is 0 Å². The summed E-state index contributed by atoms with van der Waals surface area (Å²) in [4.78, 5) is 4.77. The monoisotopic (exact) mass is 124 g/mol. The highest BCUT2D eigenvalue weighted by Crippen LogP contribution is 2.04. The van der Waals surface area contributed by atoms with Gasteiger partial charge in [-0.3, -0.25) is 0 Å². The Balaban J connectivity index is 2.54. The Bertz CT molecular complexity index is 136. The molecule has 0 saturated carbocycles. The molecule has 1 rings (SSSR count). The van der Waals surface area contributed by atoms with Crippen molar-refractivity contribution in [3.63, 3.8) is 0 Å². The molecule has 1 fully saturated rings. The molecule has 2 nitrogen and oxygen atoms in total. The summed E-state index contributed by atoms with van der Waals surface area (Å²) < 4.78 is 0. The van der Waals surface area contributed by atoms with Gasteiger partial charge in [-0.25, -0.2) is 6.57 Å². The van der Waals surface area contributed by atoms with E-state index in [0.717, 1.165) is 13.0 Å². The van der Waals surface area contributed by atoms with Crippen LogP contribution in [0, 0.1) is 13.6 Å². The highest BCUT2D eigenvalue weighted by Gasteiger charge is 2.33. The van der Waals surface area contributed by atoms with Gasteiger partial charge in [-0.1, -0.05) is 0 Å². The molecular weight excluding hydrogens is 112 g/mol. The van der Waals surface area contributed by atoms with Crippen molar-refractivity contribution < 1.29 is 4.90 Å². The Labute approximate surface area is 56.3 Å². The molecule has 0 spiro atoms. The van der Waals surface area contributed by atoms with E-state index in [0.29, 0.717) is 6.04 Å². The second-order valence-electron chi connectivity index (χ2n) is 2.68. The molecule has 1 aliphatic heterocycles. The van der Waals surface area contributed by atoms with E-state index in [9.17, 15) is 0 Å². The van der Waals surface area contributed by atoms with Gasteiger partial charge < -0.3 is 9.74 Å². The van der Waals surface area contributed by atoms with Crippen molar-refractivity contribution in [3.8, 4) is 0 Å². The van der Waals surface area contributed by atoms with Crippen LogP contribution in [-0.4, -0.2) is 18.6 Å². The number of quaternary nitrogens is 1. The van der Waals surface area contributed by atoms with E-state index in [1.54, 1.807) is 0 Å². The molecule has 1 heterocycles. The number of nitrogens with one attached hydrogen (secondary N) is 1. The van der Waals surface area contributed by atoms with Gasteiger partial charge in [-0.15, -0.1) is 0 Å². The number of likely N-dealkylation sites (tertiary alicyclic amines) is 1. The Hall–Kier alpha value is -0.550. The first kappa shape index (κ1) is 6.57. The molecule has 0 aromatic rings. The Morgan fingerprint density at radius 2 is 2.44 bits per heavy atom. The van der Waals surface area contributed by atoms with Crippen molar-refractivity contribution in [1.82, 2.24) is 0 Å². The molecule has 0 bridgehead atoms. The molecular formula is C7H12N2. The molecule has 1 saturated heterocycles. The lowest BCUT2D eigenvalue weighted by Crippen LogP contribution is -3.08. The van der Waals surface area contributed by atoms with Gasteiger partial charge in [0, 0.05) is 0 Å². The zero-order valence-electron chi connectivity index (χ0n) is 5.72. The molecule has 0 amide bonds. The zero-order chi connectivity index (χ0) is 6.85. The fourth-order valence-electron chi connectivity index (χ4n) is 1.26. The largest absolute Gasteiger partial charge is 0.459 e. The first-order valence-corrected chi connectivity index (χ1v) is 3.30. The fraction of sp³-hybridized carbons (Fsp3) is 0.714. The normalized spacial score (nSPS) is 42.6. The third-order valence-corrected chi connectivity index (χ3v) is 2.15. The number of hydrogen-bond donors (Lipinski definition) is 1. The average Bonchev–Trinajstić information content (AvgIpc) is 2.15. The number of nitrogens with zero attached hydrogens (tertiary/aromatic N) is 1. The topological polar surface area (TPSA) is 8.80 Å². The van der Waals surface area contributed by atoms with Gasteiger partial charge in [0.05, 0.1) is 13.0 Å².